The second-order valence-corrected chi connectivity index (χ2v) is 11.7. The van der Waals surface area contributed by atoms with Gasteiger partial charge in [0.05, 0.1) is 48.9 Å². The molecule has 1 aliphatic heterocycles. The largest absolute Gasteiger partial charge is 0.415 e. The summed E-state index contributed by atoms with van der Waals surface area (Å²) >= 11 is 4.42. The van der Waals surface area contributed by atoms with Crippen LogP contribution < -0.4 is 10.1 Å². The molecule has 232 valence electrons. The van der Waals surface area contributed by atoms with E-state index in [0.29, 0.717) is 31.5 Å². The Bertz CT molecular complexity index is 1710. The van der Waals surface area contributed by atoms with Crippen LogP contribution in [0.25, 0.3) is 22.2 Å². The molecule has 1 unspecified atom stereocenters. The van der Waals surface area contributed by atoms with E-state index >= 15 is 0 Å². The van der Waals surface area contributed by atoms with Crippen LogP contribution in [0.2, 0.25) is 0 Å². The predicted molar refractivity (Wildman–Crippen MR) is 155 cm³/mol. The van der Waals surface area contributed by atoms with Crippen LogP contribution >= 0.6 is 27.7 Å². The number of nitrogens with one attached hydrogen (secondary N) is 1. The zero-order valence-electron chi connectivity index (χ0n) is 22.6. The number of nitrogens with zero attached hydrogens (tertiary/aromatic N) is 3. The number of carbonyl (C=O) groups is 1. The normalized spacial score (nSPS) is 15.5. The maximum atomic E-state index is 14.0. The van der Waals surface area contributed by atoms with E-state index < -0.39 is 35.9 Å². The average Bonchev–Trinajstić information content (AvgIpc) is 3.16. The SMILES string of the molecule is O=C(NCc1cc2nc(-c3ccc(CCF)nc3OC(O)(O)C(O)(O)O)ccc2cn1)c1cc(Br)c2c(c1)SC(F)COC2. The first-order valence-electron chi connectivity index (χ1n) is 13.0. The van der Waals surface area contributed by atoms with Gasteiger partial charge in [-0.05, 0) is 42.5 Å². The van der Waals surface area contributed by atoms with Crippen molar-refractivity contribution in [3.63, 3.8) is 0 Å². The highest BCUT2D eigenvalue weighted by Gasteiger charge is 2.50. The topological polar surface area (TPSA) is 187 Å². The molecule has 12 nitrogen and oxygen atoms in total. The van der Waals surface area contributed by atoms with Gasteiger partial charge in [-0.2, -0.15) is 0 Å². The highest BCUT2D eigenvalue weighted by molar-refractivity contribution is 9.10. The summed E-state index contributed by atoms with van der Waals surface area (Å²) in [6.07, 6.45) is 1.38. The molecule has 0 aliphatic carbocycles. The summed E-state index contributed by atoms with van der Waals surface area (Å²) in [7, 11) is 0. The van der Waals surface area contributed by atoms with E-state index in [1.165, 1.54) is 24.4 Å². The summed E-state index contributed by atoms with van der Waals surface area (Å²) in [5.74, 6) is -8.97. The van der Waals surface area contributed by atoms with E-state index in [-0.39, 0.29) is 43.1 Å². The molecule has 5 rings (SSSR count). The van der Waals surface area contributed by atoms with Crippen molar-refractivity contribution in [2.24, 2.45) is 0 Å². The number of ether oxygens (including phenoxy) is 2. The van der Waals surface area contributed by atoms with Crippen LogP contribution in [-0.4, -0.2) is 77.1 Å². The third kappa shape index (κ3) is 7.13. The number of benzene rings is 1. The van der Waals surface area contributed by atoms with E-state index in [1.807, 2.05) is 0 Å². The van der Waals surface area contributed by atoms with Crippen molar-refractivity contribution in [3.8, 4) is 17.1 Å². The van der Waals surface area contributed by atoms with Gasteiger partial charge in [0.25, 0.3) is 5.91 Å². The Morgan fingerprint density at radius 3 is 2.66 bits per heavy atom. The van der Waals surface area contributed by atoms with Gasteiger partial charge < -0.3 is 40.3 Å². The van der Waals surface area contributed by atoms with E-state index in [2.05, 4.69) is 36.2 Å². The number of fused-ring (bicyclic) bond motifs is 2. The summed E-state index contributed by atoms with van der Waals surface area (Å²) in [5, 5.41) is 51.0. The molecule has 4 aromatic rings. The molecule has 6 N–H and O–H groups in total. The fourth-order valence-corrected chi connectivity index (χ4v) is 5.83. The second-order valence-electron chi connectivity index (χ2n) is 9.67. The van der Waals surface area contributed by atoms with Crippen LogP contribution in [0, 0.1) is 0 Å². The number of alkyl halides is 2. The maximum Gasteiger partial charge on any atom is 0.410 e. The molecule has 16 heteroatoms. The number of thioether (sulfide) groups is 1. The highest BCUT2D eigenvalue weighted by Crippen LogP contribution is 2.37. The summed E-state index contributed by atoms with van der Waals surface area (Å²) < 4.78 is 37.8. The number of aromatic nitrogens is 3. The van der Waals surface area contributed by atoms with Crippen LogP contribution in [0.1, 0.15) is 27.3 Å². The maximum absolute atomic E-state index is 14.0. The average molecular weight is 695 g/mol. The van der Waals surface area contributed by atoms with Crippen LogP contribution in [-0.2, 0) is 24.3 Å². The van der Waals surface area contributed by atoms with Gasteiger partial charge in [0.2, 0.25) is 5.88 Å². The Morgan fingerprint density at radius 1 is 1.11 bits per heavy atom. The number of aryl methyl sites for hydroxylation is 1. The molecule has 0 bridgehead atoms. The Labute approximate surface area is 260 Å². The van der Waals surface area contributed by atoms with Gasteiger partial charge in [-0.25, -0.2) is 14.4 Å². The van der Waals surface area contributed by atoms with Gasteiger partial charge in [0, 0.05) is 44.2 Å². The van der Waals surface area contributed by atoms with E-state index in [0.717, 1.165) is 17.3 Å². The lowest BCUT2D eigenvalue weighted by molar-refractivity contribution is -0.502. The lowest BCUT2D eigenvalue weighted by Crippen LogP contribution is -2.58. The summed E-state index contributed by atoms with van der Waals surface area (Å²) in [6.45, 7) is -0.591. The third-order valence-electron chi connectivity index (χ3n) is 6.45. The first-order valence-corrected chi connectivity index (χ1v) is 14.6. The van der Waals surface area contributed by atoms with Crippen molar-refractivity contribution in [2.75, 3.05) is 13.3 Å². The summed E-state index contributed by atoms with van der Waals surface area (Å²) in [6, 6.07) is 10.9. The number of hydrogen-bond donors (Lipinski definition) is 6. The number of amides is 1. The van der Waals surface area contributed by atoms with Gasteiger partial charge in [-0.1, -0.05) is 27.7 Å². The molecule has 1 amide bonds. The molecule has 0 saturated carbocycles. The van der Waals surface area contributed by atoms with Crippen molar-refractivity contribution in [3.05, 3.63) is 75.6 Å². The Balaban J connectivity index is 1.39. The first kappa shape index (κ1) is 32.1. The predicted octanol–water partition coefficient (Wildman–Crippen LogP) is 2.46. The van der Waals surface area contributed by atoms with E-state index in [9.17, 15) is 39.1 Å². The minimum Gasteiger partial charge on any atom is -0.415 e. The molecule has 4 heterocycles. The van der Waals surface area contributed by atoms with Gasteiger partial charge in [-0.3, -0.25) is 14.2 Å². The molecule has 1 aromatic carbocycles. The van der Waals surface area contributed by atoms with Gasteiger partial charge in [0.15, 0.2) is 5.50 Å². The molecule has 0 saturated heterocycles. The standard InChI is InChI=1S/C28H25BrF2N4O8S/c29-20-7-15(8-23-19(20)12-42-13-24(31)44-23)25(36)33-11-17-9-22-14(10-32-17)1-4-21(35-22)18-3-2-16(5-6-30)34-26(18)43-28(40,41)27(37,38)39/h1-4,7-10,24,37-41H,5-6,11-13H2,(H,33,36). The monoisotopic (exact) mass is 694 g/mol. The molecule has 3 aromatic heterocycles. The number of halogens is 3. The molecule has 0 radical (unpaired) electrons. The molecule has 1 atom stereocenters. The fraction of sp³-hybridized carbons (Fsp3) is 0.286. The minimum atomic E-state index is -4.08. The van der Waals surface area contributed by atoms with Crippen LogP contribution in [0.5, 0.6) is 5.88 Å². The van der Waals surface area contributed by atoms with Gasteiger partial charge in [0.1, 0.15) is 0 Å². The van der Waals surface area contributed by atoms with E-state index in [4.69, 9.17) is 9.47 Å². The number of pyridine rings is 3. The molecule has 1 aliphatic rings. The van der Waals surface area contributed by atoms with Gasteiger partial charge in [-0.15, -0.1) is 0 Å². The Kier molecular flexibility index (Phi) is 9.43. The second kappa shape index (κ2) is 12.9. The first-order chi connectivity index (χ1) is 20.8. The molecule has 0 fully saturated rings. The zero-order chi connectivity index (χ0) is 31.6. The summed E-state index contributed by atoms with van der Waals surface area (Å²) in [5.41, 5.74) is 1.06. The zero-order valence-corrected chi connectivity index (χ0v) is 25.0. The van der Waals surface area contributed by atoms with E-state index in [1.54, 1.807) is 24.3 Å². The molecule has 0 spiro atoms. The quantitative estimate of drug-likeness (QED) is 0.141. The van der Waals surface area contributed by atoms with Crippen LogP contribution in [0.4, 0.5) is 8.78 Å². The molecular formula is C28H25BrF2N4O8S. The fourth-order valence-electron chi connectivity index (χ4n) is 4.18. The number of aliphatic hydroxyl groups is 5. The van der Waals surface area contributed by atoms with Crippen molar-refractivity contribution < 1.29 is 48.6 Å². The van der Waals surface area contributed by atoms with Gasteiger partial charge >= 0.3 is 11.9 Å². The number of rotatable bonds is 9. The van der Waals surface area contributed by atoms with Crippen LogP contribution in [0.3, 0.4) is 0 Å². The number of carbonyl (C=O) groups excluding carboxylic acids is 1. The number of hydrogen-bond acceptors (Lipinski definition) is 12. The molecular weight excluding hydrogens is 670 g/mol. The van der Waals surface area contributed by atoms with Crippen molar-refractivity contribution >= 4 is 44.5 Å². The lowest BCUT2D eigenvalue weighted by atomic mass is 10.1. The van der Waals surface area contributed by atoms with Crippen molar-refractivity contribution in [1.82, 2.24) is 20.3 Å². The molecule has 44 heavy (non-hydrogen) atoms. The summed E-state index contributed by atoms with van der Waals surface area (Å²) in [4.78, 5) is 26.5. The van der Waals surface area contributed by atoms with Crippen LogP contribution in [0.15, 0.2) is 58.0 Å². The smallest absolute Gasteiger partial charge is 0.410 e. The Hall–Kier alpha value is -3.35. The lowest BCUT2D eigenvalue weighted by Gasteiger charge is -2.29. The highest BCUT2D eigenvalue weighted by atomic mass is 79.9. The Morgan fingerprint density at radius 2 is 1.91 bits per heavy atom. The minimum absolute atomic E-state index is 0.0222. The third-order valence-corrected chi connectivity index (χ3v) is 8.17. The van der Waals surface area contributed by atoms with Crippen molar-refractivity contribution in [1.29, 1.82) is 0 Å². The van der Waals surface area contributed by atoms with Crippen molar-refractivity contribution in [2.45, 2.75) is 41.9 Å².